The number of ether oxygens (including phenoxy) is 2. The Bertz CT molecular complexity index is 1280. The van der Waals surface area contributed by atoms with Crippen LogP contribution in [0.1, 0.15) is 0 Å². The number of nitrogens with zero attached hydrogens (tertiary/aromatic N) is 5. The summed E-state index contributed by atoms with van der Waals surface area (Å²) in [6, 6.07) is 6.12. The van der Waals surface area contributed by atoms with Crippen LogP contribution in [0.2, 0.25) is 0 Å². The van der Waals surface area contributed by atoms with Crippen molar-refractivity contribution in [3.8, 4) is 22.6 Å². The number of benzene rings is 1. The molecule has 0 aliphatic heterocycles. The lowest BCUT2D eigenvalue weighted by molar-refractivity contribution is 0.354. The van der Waals surface area contributed by atoms with Gasteiger partial charge >= 0.3 is 0 Å². The zero-order valence-corrected chi connectivity index (χ0v) is 16.2. The Morgan fingerprint density at radius 2 is 1.71 bits per heavy atom. The van der Waals surface area contributed by atoms with Crippen molar-refractivity contribution < 1.29 is 17.9 Å². The molecule has 0 spiro atoms. The van der Waals surface area contributed by atoms with E-state index in [1.54, 1.807) is 30.2 Å². The summed E-state index contributed by atoms with van der Waals surface area (Å²) < 4.78 is 39.4. The van der Waals surface area contributed by atoms with Gasteiger partial charge in [0.1, 0.15) is 11.0 Å². The van der Waals surface area contributed by atoms with Gasteiger partial charge in [-0.05, 0) is 18.2 Å². The predicted octanol–water partition coefficient (Wildman–Crippen LogP) is 2.09. The molecule has 0 aliphatic carbocycles. The van der Waals surface area contributed by atoms with E-state index in [1.807, 2.05) is 6.20 Å². The van der Waals surface area contributed by atoms with Crippen molar-refractivity contribution in [1.82, 2.24) is 24.0 Å². The molecule has 0 aliphatic rings. The maximum Gasteiger partial charge on any atom is 0.283 e. The Kier molecular flexibility index (Phi) is 4.27. The van der Waals surface area contributed by atoms with Crippen LogP contribution < -0.4 is 9.47 Å². The molecule has 0 fully saturated rings. The molecule has 0 amide bonds. The van der Waals surface area contributed by atoms with E-state index in [9.17, 15) is 8.42 Å². The molecule has 0 radical (unpaired) electrons. The van der Waals surface area contributed by atoms with Crippen LogP contribution in [0.15, 0.2) is 53.9 Å². The standard InChI is InChI=1S/C18H17N5O4S/c1-22-11-13(9-20-22)12-6-16-15(19-8-12)10-21-23(16)28(24,25)14-4-5-17(26-2)18(7-14)27-3/h4-11H,1-3H3. The van der Waals surface area contributed by atoms with Gasteiger partial charge in [0.25, 0.3) is 10.0 Å². The van der Waals surface area contributed by atoms with Crippen molar-refractivity contribution in [2.24, 2.45) is 7.05 Å². The molecular formula is C18H17N5O4S. The largest absolute Gasteiger partial charge is 0.493 e. The molecule has 3 aromatic heterocycles. The minimum Gasteiger partial charge on any atom is -0.493 e. The molecule has 3 heterocycles. The van der Waals surface area contributed by atoms with Crippen LogP contribution in [0.3, 0.4) is 0 Å². The maximum atomic E-state index is 13.2. The van der Waals surface area contributed by atoms with Gasteiger partial charge in [-0.15, -0.1) is 0 Å². The highest BCUT2D eigenvalue weighted by atomic mass is 32.2. The summed E-state index contributed by atoms with van der Waals surface area (Å²) >= 11 is 0. The average Bonchev–Trinajstić information content (AvgIpc) is 3.33. The molecule has 0 bridgehead atoms. The zero-order valence-electron chi connectivity index (χ0n) is 15.4. The van der Waals surface area contributed by atoms with Crippen molar-refractivity contribution in [3.63, 3.8) is 0 Å². The Labute approximate surface area is 161 Å². The van der Waals surface area contributed by atoms with E-state index >= 15 is 0 Å². The summed E-state index contributed by atoms with van der Waals surface area (Å²) in [5.74, 6) is 0.751. The topological polar surface area (TPSA) is 101 Å². The Morgan fingerprint density at radius 1 is 0.929 bits per heavy atom. The third kappa shape index (κ3) is 2.87. The maximum absolute atomic E-state index is 13.2. The first-order valence-electron chi connectivity index (χ1n) is 8.24. The first-order valence-corrected chi connectivity index (χ1v) is 9.68. The fourth-order valence-electron chi connectivity index (χ4n) is 2.88. The molecule has 28 heavy (non-hydrogen) atoms. The van der Waals surface area contributed by atoms with Gasteiger partial charge in [-0.1, -0.05) is 0 Å². The second-order valence-electron chi connectivity index (χ2n) is 6.04. The van der Waals surface area contributed by atoms with Crippen molar-refractivity contribution >= 4 is 21.1 Å². The molecule has 144 valence electrons. The second kappa shape index (κ2) is 6.64. The molecule has 0 N–H and O–H groups in total. The fraction of sp³-hybridized carbons (Fsp3) is 0.167. The molecule has 0 atom stereocenters. The lowest BCUT2D eigenvalue weighted by Crippen LogP contribution is -2.14. The molecule has 0 saturated carbocycles. The average molecular weight is 399 g/mol. The van der Waals surface area contributed by atoms with E-state index in [0.717, 1.165) is 15.2 Å². The Hall–Kier alpha value is -3.40. The SMILES string of the molecule is COc1ccc(S(=O)(=O)n2ncc3ncc(-c4cnn(C)c4)cc32)cc1OC. The van der Waals surface area contributed by atoms with Gasteiger partial charge in [-0.25, -0.2) is 0 Å². The number of hydrogen-bond acceptors (Lipinski definition) is 7. The van der Waals surface area contributed by atoms with Gasteiger partial charge in [0.2, 0.25) is 0 Å². The molecule has 9 nitrogen and oxygen atoms in total. The number of rotatable bonds is 5. The first kappa shape index (κ1) is 18.0. The van der Waals surface area contributed by atoms with Crippen LogP contribution in [0.25, 0.3) is 22.2 Å². The van der Waals surface area contributed by atoms with Crippen LogP contribution in [-0.4, -0.2) is 46.6 Å². The van der Waals surface area contributed by atoms with E-state index in [-0.39, 0.29) is 4.90 Å². The molecule has 1 aromatic carbocycles. The van der Waals surface area contributed by atoms with Crippen molar-refractivity contribution in [2.45, 2.75) is 4.90 Å². The summed E-state index contributed by atoms with van der Waals surface area (Å²) in [7, 11) is 0.773. The van der Waals surface area contributed by atoms with Crippen LogP contribution in [0, 0.1) is 0 Å². The highest BCUT2D eigenvalue weighted by Gasteiger charge is 2.23. The van der Waals surface area contributed by atoms with Gasteiger partial charge in [0.05, 0.1) is 31.5 Å². The number of aryl methyl sites for hydroxylation is 1. The quantitative estimate of drug-likeness (QED) is 0.506. The van der Waals surface area contributed by atoms with Gasteiger partial charge in [0, 0.05) is 36.6 Å². The van der Waals surface area contributed by atoms with Crippen LogP contribution in [-0.2, 0) is 17.1 Å². The molecule has 4 rings (SSSR count). The number of aromatic nitrogens is 5. The lowest BCUT2D eigenvalue weighted by atomic mass is 10.1. The lowest BCUT2D eigenvalue weighted by Gasteiger charge is -2.11. The highest BCUT2D eigenvalue weighted by molar-refractivity contribution is 7.90. The van der Waals surface area contributed by atoms with Crippen LogP contribution >= 0.6 is 0 Å². The van der Waals surface area contributed by atoms with Crippen molar-refractivity contribution in [2.75, 3.05) is 14.2 Å². The number of fused-ring (bicyclic) bond motifs is 1. The number of methoxy groups -OCH3 is 2. The molecule has 10 heteroatoms. The summed E-state index contributed by atoms with van der Waals surface area (Å²) in [6.07, 6.45) is 6.59. The summed E-state index contributed by atoms with van der Waals surface area (Å²) in [5, 5.41) is 8.19. The van der Waals surface area contributed by atoms with Crippen molar-refractivity contribution in [3.05, 3.63) is 49.1 Å². The summed E-state index contributed by atoms with van der Waals surface area (Å²) in [6.45, 7) is 0. The third-order valence-electron chi connectivity index (χ3n) is 4.31. The monoisotopic (exact) mass is 399 g/mol. The predicted molar refractivity (Wildman–Crippen MR) is 102 cm³/mol. The Balaban J connectivity index is 1.86. The van der Waals surface area contributed by atoms with Gasteiger partial charge < -0.3 is 9.47 Å². The summed E-state index contributed by atoms with van der Waals surface area (Å²) in [4.78, 5) is 4.36. The van der Waals surface area contributed by atoms with Gasteiger partial charge in [-0.2, -0.15) is 22.7 Å². The number of pyridine rings is 1. The molecular weight excluding hydrogens is 382 g/mol. The third-order valence-corrected chi connectivity index (χ3v) is 5.90. The first-order chi connectivity index (χ1) is 13.4. The van der Waals surface area contributed by atoms with E-state index in [4.69, 9.17) is 9.47 Å². The Morgan fingerprint density at radius 3 is 2.39 bits per heavy atom. The highest BCUT2D eigenvalue weighted by Crippen LogP contribution is 2.31. The van der Waals surface area contributed by atoms with Gasteiger partial charge in [-0.3, -0.25) is 9.67 Å². The zero-order chi connectivity index (χ0) is 19.9. The number of hydrogen-bond donors (Lipinski definition) is 0. The van der Waals surface area contributed by atoms with Gasteiger partial charge in [0.15, 0.2) is 11.5 Å². The van der Waals surface area contributed by atoms with E-state index in [1.165, 1.54) is 38.6 Å². The van der Waals surface area contributed by atoms with E-state index in [2.05, 4.69) is 15.2 Å². The summed E-state index contributed by atoms with van der Waals surface area (Å²) in [5.41, 5.74) is 2.41. The fourth-order valence-corrected chi connectivity index (χ4v) is 4.15. The smallest absolute Gasteiger partial charge is 0.283 e. The van der Waals surface area contributed by atoms with Crippen LogP contribution in [0.4, 0.5) is 0 Å². The normalized spacial score (nSPS) is 11.7. The molecule has 0 unspecified atom stereocenters. The minimum atomic E-state index is -3.96. The van der Waals surface area contributed by atoms with E-state index < -0.39 is 10.0 Å². The van der Waals surface area contributed by atoms with Crippen LogP contribution in [0.5, 0.6) is 11.5 Å². The molecule has 0 saturated heterocycles. The minimum absolute atomic E-state index is 0.0296. The molecule has 4 aromatic rings. The van der Waals surface area contributed by atoms with Crippen molar-refractivity contribution in [1.29, 1.82) is 0 Å². The van der Waals surface area contributed by atoms with E-state index in [0.29, 0.717) is 22.5 Å². The second-order valence-corrected chi connectivity index (χ2v) is 7.81.